The summed E-state index contributed by atoms with van der Waals surface area (Å²) in [6, 6.07) is 22.2. The Morgan fingerprint density at radius 2 is 1.65 bits per heavy atom. The summed E-state index contributed by atoms with van der Waals surface area (Å²) in [5.41, 5.74) is 3.02. The molecule has 31 heavy (non-hydrogen) atoms. The van der Waals surface area contributed by atoms with Gasteiger partial charge in [-0.25, -0.2) is 0 Å². The van der Waals surface area contributed by atoms with Crippen molar-refractivity contribution >= 4 is 5.91 Å². The predicted molar refractivity (Wildman–Crippen MR) is 124 cm³/mol. The molecule has 1 amide bonds. The number of carbonyl (C=O) groups excluding carboxylic acids is 1. The number of nitrogens with zero attached hydrogens (tertiary/aromatic N) is 1. The van der Waals surface area contributed by atoms with Crippen molar-refractivity contribution in [3.8, 4) is 0 Å². The molecule has 5 fully saturated rings. The zero-order chi connectivity index (χ0) is 20.9. The van der Waals surface area contributed by atoms with Crippen LogP contribution in [0.5, 0.6) is 0 Å². The Balaban J connectivity index is 1.11. The molecule has 1 aliphatic heterocycles. The average Bonchev–Trinajstić information content (AvgIpc) is 3.20. The number of rotatable bonds is 5. The zero-order valence-electron chi connectivity index (χ0n) is 18.4. The second kappa shape index (κ2) is 7.48. The lowest BCUT2D eigenvalue weighted by Crippen LogP contribution is -2.50. The molecule has 1 saturated heterocycles. The lowest BCUT2D eigenvalue weighted by atomic mass is 9.63. The minimum absolute atomic E-state index is 0.0973. The standard InChI is InChI=1S/C28H34N2O/c31-26(29-25-11-13-30(14-12-25)19-21-7-3-1-4-8-21)28-17-22-15-24(28)18-27(16-22,20-28)23-9-5-2-6-10-23/h1-10,22,24-25H,11-20H2,(H,29,31). The van der Waals surface area contributed by atoms with Gasteiger partial charge in [-0.2, -0.15) is 0 Å². The van der Waals surface area contributed by atoms with E-state index in [1.165, 1.54) is 30.4 Å². The van der Waals surface area contributed by atoms with E-state index in [1.807, 2.05) is 0 Å². The van der Waals surface area contributed by atoms with Crippen LogP contribution in [0.2, 0.25) is 0 Å². The first-order chi connectivity index (χ1) is 15.2. The van der Waals surface area contributed by atoms with Crippen LogP contribution in [0, 0.1) is 17.3 Å². The number of hydrogen-bond acceptors (Lipinski definition) is 2. The van der Waals surface area contributed by atoms with Gasteiger partial charge in [-0.1, -0.05) is 60.7 Å². The average molecular weight is 415 g/mol. The van der Waals surface area contributed by atoms with Gasteiger partial charge in [0.25, 0.3) is 0 Å². The van der Waals surface area contributed by atoms with Crippen LogP contribution in [0.15, 0.2) is 60.7 Å². The Kier molecular flexibility index (Phi) is 4.72. The molecule has 4 saturated carbocycles. The molecule has 5 aliphatic rings. The van der Waals surface area contributed by atoms with E-state index in [0.717, 1.165) is 51.2 Å². The molecule has 4 aliphatic carbocycles. The van der Waals surface area contributed by atoms with Crippen molar-refractivity contribution in [2.75, 3.05) is 13.1 Å². The van der Waals surface area contributed by atoms with Crippen molar-refractivity contribution in [2.45, 2.75) is 62.9 Å². The quantitative estimate of drug-likeness (QED) is 0.754. The second-order valence-electron chi connectivity index (χ2n) is 10.9. The summed E-state index contributed by atoms with van der Waals surface area (Å²) >= 11 is 0. The molecular formula is C28H34N2O. The summed E-state index contributed by atoms with van der Waals surface area (Å²) < 4.78 is 0. The van der Waals surface area contributed by atoms with Crippen molar-refractivity contribution in [3.05, 3.63) is 71.8 Å². The SMILES string of the molecule is O=C(NC1CCN(Cc2ccccc2)CC1)C12CC3CC1CC(c1ccccc1)(C3)C2. The van der Waals surface area contributed by atoms with Crippen molar-refractivity contribution in [2.24, 2.45) is 17.3 Å². The van der Waals surface area contributed by atoms with E-state index in [-0.39, 0.29) is 10.8 Å². The van der Waals surface area contributed by atoms with Gasteiger partial charge in [0.15, 0.2) is 0 Å². The van der Waals surface area contributed by atoms with E-state index < -0.39 is 0 Å². The molecule has 0 aromatic heterocycles. The Hall–Kier alpha value is -2.13. The molecule has 3 heteroatoms. The minimum atomic E-state index is -0.0973. The normalized spacial score (nSPS) is 34.8. The van der Waals surface area contributed by atoms with Gasteiger partial charge in [0, 0.05) is 25.7 Å². The fourth-order valence-electron chi connectivity index (χ4n) is 7.79. The molecule has 1 N–H and O–H groups in total. The van der Waals surface area contributed by atoms with Crippen LogP contribution in [0.1, 0.15) is 56.1 Å². The minimum Gasteiger partial charge on any atom is -0.353 e. The van der Waals surface area contributed by atoms with Crippen LogP contribution in [-0.4, -0.2) is 29.9 Å². The molecular weight excluding hydrogens is 380 g/mol. The maximum atomic E-state index is 13.7. The second-order valence-corrected chi connectivity index (χ2v) is 10.9. The van der Waals surface area contributed by atoms with Crippen LogP contribution >= 0.6 is 0 Å². The number of likely N-dealkylation sites (tertiary alicyclic amines) is 1. The first-order valence-electron chi connectivity index (χ1n) is 12.3. The van der Waals surface area contributed by atoms with E-state index in [2.05, 4.69) is 70.9 Å². The van der Waals surface area contributed by atoms with Gasteiger partial charge < -0.3 is 5.32 Å². The van der Waals surface area contributed by atoms with E-state index in [1.54, 1.807) is 0 Å². The van der Waals surface area contributed by atoms with Crippen molar-refractivity contribution in [1.29, 1.82) is 0 Å². The number of amides is 1. The molecule has 4 atom stereocenters. The Bertz CT molecular complexity index is 936. The third-order valence-corrected chi connectivity index (χ3v) is 9.03. The lowest BCUT2D eigenvalue weighted by molar-refractivity contribution is -0.134. The van der Waals surface area contributed by atoms with Gasteiger partial charge in [-0.15, -0.1) is 0 Å². The summed E-state index contributed by atoms with van der Waals surface area (Å²) in [6.07, 6.45) is 8.14. The Labute approximate surface area is 186 Å². The molecule has 0 spiro atoms. The molecule has 4 unspecified atom stereocenters. The van der Waals surface area contributed by atoms with Crippen LogP contribution in [0.4, 0.5) is 0 Å². The first kappa shape index (κ1) is 19.5. The molecule has 162 valence electrons. The van der Waals surface area contributed by atoms with E-state index in [0.29, 0.717) is 17.9 Å². The highest BCUT2D eigenvalue weighted by molar-refractivity contribution is 5.85. The number of nitrogens with one attached hydrogen (secondary N) is 1. The van der Waals surface area contributed by atoms with E-state index in [9.17, 15) is 4.79 Å². The zero-order valence-corrected chi connectivity index (χ0v) is 18.4. The van der Waals surface area contributed by atoms with Gasteiger partial charge in [0.1, 0.15) is 0 Å². The van der Waals surface area contributed by atoms with Crippen molar-refractivity contribution < 1.29 is 4.79 Å². The maximum Gasteiger partial charge on any atom is 0.226 e. The summed E-state index contributed by atoms with van der Waals surface area (Å²) in [5.74, 6) is 1.72. The van der Waals surface area contributed by atoms with Gasteiger partial charge in [0.05, 0.1) is 5.41 Å². The lowest BCUT2D eigenvalue weighted by Gasteiger charge is -2.41. The molecule has 1 heterocycles. The Morgan fingerprint density at radius 1 is 0.935 bits per heavy atom. The topological polar surface area (TPSA) is 32.3 Å². The van der Waals surface area contributed by atoms with Crippen molar-refractivity contribution in [3.63, 3.8) is 0 Å². The summed E-state index contributed by atoms with van der Waals surface area (Å²) in [6.45, 7) is 3.18. The van der Waals surface area contributed by atoms with Crippen LogP contribution in [-0.2, 0) is 16.8 Å². The number of carbonyl (C=O) groups is 1. The highest BCUT2D eigenvalue weighted by Crippen LogP contribution is 2.70. The van der Waals surface area contributed by atoms with Gasteiger partial charge >= 0.3 is 0 Å². The fraction of sp³-hybridized carbons (Fsp3) is 0.536. The summed E-state index contributed by atoms with van der Waals surface area (Å²) in [5, 5.41) is 3.55. The molecule has 2 aromatic rings. The van der Waals surface area contributed by atoms with Crippen molar-refractivity contribution in [1.82, 2.24) is 10.2 Å². The monoisotopic (exact) mass is 414 g/mol. The summed E-state index contributed by atoms with van der Waals surface area (Å²) in [7, 11) is 0. The molecule has 4 bridgehead atoms. The fourth-order valence-corrected chi connectivity index (χ4v) is 7.79. The first-order valence-corrected chi connectivity index (χ1v) is 12.3. The molecule has 2 aromatic carbocycles. The van der Waals surface area contributed by atoms with E-state index >= 15 is 0 Å². The predicted octanol–water partition coefficient (Wildman–Crippen LogP) is 4.92. The number of hydrogen-bond donors (Lipinski definition) is 1. The Morgan fingerprint density at radius 3 is 2.39 bits per heavy atom. The molecule has 3 nitrogen and oxygen atoms in total. The van der Waals surface area contributed by atoms with Gasteiger partial charge in [0.2, 0.25) is 5.91 Å². The number of piperidine rings is 1. The van der Waals surface area contributed by atoms with E-state index in [4.69, 9.17) is 0 Å². The number of benzene rings is 2. The smallest absolute Gasteiger partial charge is 0.226 e. The molecule has 0 radical (unpaired) electrons. The molecule has 7 rings (SSSR count). The third kappa shape index (κ3) is 3.33. The van der Waals surface area contributed by atoms with Gasteiger partial charge in [-0.3, -0.25) is 9.69 Å². The third-order valence-electron chi connectivity index (χ3n) is 9.03. The van der Waals surface area contributed by atoms with Crippen LogP contribution in [0.25, 0.3) is 0 Å². The highest BCUT2D eigenvalue weighted by Gasteiger charge is 2.67. The summed E-state index contributed by atoms with van der Waals surface area (Å²) in [4.78, 5) is 16.2. The maximum absolute atomic E-state index is 13.7. The largest absolute Gasteiger partial charge is 0.353 e. The highest BCUT2D eigenvalue weighted by atomic mass is 16.2. The van der Waals surface area contributed by atoms with Gasteiger partial charge in [-0.05, 0) is 73.3 Å². The van der Waals surface area contributed by atoms with Crippen LogP contribution in [0.3, 0.4) is 0 Å². The van der Waals surface area contributed by atoms with Crippen LogP contribution < -0.4 is 5.32 Å².